The van der Waals surface area contributed by atoms with Crippen molar-refractivity contribution < 1.29 is 19.4 Å². The topological polar surface area (TPSA) is 78.9 Å². The summed E-state index contributed by atoms with van der Waals surface area (Å²) in [6.45, 7) is 6.34. The summed E-state index contributed by atoms with van der Waals surface area (Å²) >= 11 is 0. The Bertz CT molecular complexity index is 292. The van der Waals surface area contributed by atoms with Gasteiger partial charge in [0.15, 0.2) is 0 Å². The number of nitrogens with zero attached hydrogens (tertiary/aromatic N) is 1. The van der Waals surface area contributed by atoms with Gasteiger partial charge in [0.05, 0.1) is 12.5 Å². The zero-order valence-electron chi connectivity index (χ0n) is 10.5. The molecule has 17 heavy (non-hydrogen) atoms. The maximum Gasteiger partial charge on any atom is 0.410 e. The van der Waals surface area contributed by atoms with Crippen LogP contribution in [-0.4, -0.2) is 53.8 Å². The van der Waals surface area contributed by atoms with Crippen molar-refractivity contribution in [1.29, 1.82) is 0 Å². The molecule has 1 aliphatic rings. The van der Waals surface area contributed by atoms with E-state index in [1.54, 1.807) is 20.8 Å². The zero-order chi connectivity index (χ0) is 13.1. The second kappa shape index (κ2) is 5.35. The van der Waals surface area contributed by atoms with Gasteiger partial charge in [-0.2, -0.15) is 0 Å². The van der Waals surface area contributed by atoms with E-state index in [2.05, 4.69) is 5.32 Å². The Balaban J connectivity index is 2.27. The molecule has 0 spiro atoms. The van der Waals surface area contributed by atoms with Crippen molar-refractivity contribution in [3.63, 3.8) is 0 Å². The van der Waals surface area contributed by atoms with Gasteiger partial charge < -0.3 is 20.1 Å². The van der Waals surface area contributed by atoms with Crippen molar-refractivity contribution in [1.82, 2.24) is 10.2 Å². The van der Waals surface area contributed by atoms with Crippen LogP contribution < -0.4 is 5.32 Å². The third-order valence-electron chi connectivity index (χ3n) is 2.32. The maximum atomic E-state index is 11.6. The minimum atomic E-state index is -0.513. The molecule has 0 aromatic carbocycles. The van der Waals surface area contributed by atoms with E-state index in [0.717, 1.165) is 0 Å². The van der Waals surface area contributed by atoms with Gasteiger partial charge >= 0.3 is 6.09 Å². The fraction of sp³-hybridized carbons (Fsp3) is 0.818. The zero-order valence-corrected chi connectivity index (χ0v) is 10.5. The number of rotatable bonds is 3. The summed E-state index contributed by atoms with van der Waals surface area (Å²) in [6.07, 6.45) is -0.385. The number of ether oxygens (including phenoxy) is 1. The molecule has 0 aliphatic carbocycles. The van der Waals surface area contributed by atoms with Crippen LogP contribution >= 0.6 is 0 Å². The third kappa shape index (κ3) is 4.22. The number of nitrogens with one attached hydrogen (secondary N) is 1. The fourth-order valence-corrected chi connectivity index (χ4v) is 1.44. The molecular weight excluding hydrogens is 224 g/mol. The number of hydrogen-bond donors (Lipinski definition) is 2. The van der Waals surface area contributed by atoms with Crippen LogP contribution in [0.15, 0.2) is 0 Å². The molecule has 0 saturated carbocycles. The lowest BCUT2D eigenvalue weighted by molar-refractivity contribution is -0.129. The van der Waals surface area contributed by atoms with E-state index < -0.39 is 5.60 Å². The number of amides is 2. The first kappa shape index (κ1) is 13.8. The first-order valence-corrected chi connectivity index (χ1v) is 5.70. The average molecular weight is 244 g/mol. The number of carbonyl (C=O) groups is 2. The van der Waals surface area contributed by atoms with Crippen molar-refractivity contribution in [2.75, 3.05) is 26.2 Å². The quantitative estimate of drug-likeness (QED) is 0.730. The van der Waals surface area contributed by atoms with Gasteiger partial charge in [-0.3, -0.25) is 4.79 Å². The molecule has 2 amide bonds. The lowest BCUT2D eigenvalue weighted by atomic mass is 10.00. The van der Waals surface area contributed by atoms with Crippen molar-refractivity contribution in [3.8, 4) is 0 Å². The first-order valence-electron chi connectivity index (χ1n) is 5.70. The summed E-state index contributed by atoms with van der Waals surface area (Å²) in [5.41, 5.74) is -0.513. The number of aliphatic hydroxyl groups excluding tert-OH is 1. The number of hydrogen-bond acceptors (Lipinski definition) is 4. The van der Waals surface area contributed by atoms with Gasteiger partial charge in [-0.1, -0.05) is 0 Å². The Morgan fingerprint density at radius 2 is 2.00 bits per heavy atom. The highest BCUT2D eigenvalue weighted by molar-refractivity contribution is 5.82. The molecule has 1 heterocycles. The highest BCUT2D eigenvalue weighted by Gasteiger charge is 2.37. The average Bonchev–Trinajstić information content (AvgIpc) is 2.09. The molecule has 0 unspecified atom stereocenters. The van der Waals surface area contributed by atoms with Gasteiger partial charge in [-0.05, 0) is 20.8 Å². The fourth-order valence-electron chi connectivity index (χ4n) is 1.44. The van der Waals surface area contributed by atoms with E-state index in [4.69, 9.17) is 9.84 Å². The second-order valence-electron chi connectivity index (χ2n) is 5.10. The summed E-state index contributed by atoms with van der Waals surface area (Å²) in [7, 11) is 0. The predicted octanol–water partition coefficient (Wildman–Crippen LogP) is -0.0382. The Hall–Kier alpha value is -1.30. The monoisotopic (exact) mass is 244 g/mol. The molecule has 1 rings (SSSR count). The lowest BCUT2D eigenvalue weighted by Gasteiger charge is -2.38. The number of carbonyl (C=O) groups excluding carboxylic acids is 2. The molecular formula is C11H20N2O4. The van der Waals surface area contributed by atoms with Gasteiger partial charge in [0.1, 0.15) is 5.60 Å². The molecule has 98 valence electrons. The normalized spacial score (nSPS) is 16.4. The van der Waals surface area contributed by atoms with Crippen LogP contribution in [0.5, 0.6) is 0 Å². The van der Waals surface area contributed by atoms with Crippen LogP contribution in [0.2, 0.25) is 0 Å². The molecule has 0 aromatic rings. The van der Waals surface area contributed by atoms with E-state index >= 15 is 0 Å². The highest BCUT2D eigenvalue weighted by Crippen LogP contribution is 2.19. The van der Waals surface area contributed by atoms with Crippen molar-refractivity contribution in [2.45, 2.75) is 26.4 Å². The molecule has 1 fully saturated rings. The third-order valence-corrected chi connectivity index (χ3v) is 2.32. The Labute approximate surface area is 101 Å². The molecule has 0 aromatic heterocycles. The molecule has 0 atom stereocenters. The van der Waals surface area contributed by atoms with Crippen molar-refractivity contribution >= 4 is 12.0 Å². The van der Waals surface area contributed by atoms with Crippen molar-refractivity contribution in [3.05, 3.63) is 0 Å². The predicted molar refractivity (Wildman–Crippen MR) is 61.4 cm³/mol. The van der Waals surface area contributed by atoms with Gasteiger partial charge in [-0.25, -0.2) is 4.79 Å². The summed E-state index contributed by atoms with van der Waals surface area (Å²) in [6, 6.07) is 0. The molecule has 0 bridgehead atoms. The van der Waals surface area contributed by atoms with Crippen LogP contribution in [0, 0.1) is 5.92 Å². The molecule has 6 nitrogen and oxygen atoms in total. The van der Waals surface area contributed by atoms with E-state index in [-0.39, 0.29) is 31.1 Å². The van der Waals surface area contributed by atoms with Crippen LogP contribution in [-0.2, 0) is 9.53 Å². The second-order valence-corrected chi connectivity index (χ2v) is 5.10. The minimum Gasteiger partial charge on any atom is -0.444 e. The van der Waals surface area contributed by atoms with Gasteiger partial charge in [0.25, 0.3) is 0 Å². The van der Waals surface area contributed by atoms with E-state index in [1.807, 2.05) is 0 Å². The van der Waals surface area contributed by atoms with Gasteiger partial charge in [-0.15, -0.1) is 0 Å². The Morgan fingerprint density at radius 3 is 2.47 bits per heavy atom. The van der Waals surface area contributed by atoms with E-state index in [1.165, 1.54) is 4.90 Å². The largest absolute Gasteiger partial charge is 0.444 e. The highest BCUT2D eigenvalue weighted by atomic mass is 16.6. The molecule has 2 N–H and O–H groups in total. The van der Waals surface area contributed by atoms with Gasteiger partial charge in [0.2, 0.25) is 5.91 Å². The van der Waals surface area contributed by atoms with Crippen LogP contribution in [0.3, 0.4) is 0 Å². The van der Waals surface area contributed by atoms with Crippen LogP contribution in [0.4, 0.5) is 4.79 Å². The summed E-state index contributed by atoms with van der Waals surface area (Å²) in [4.78, 5) is 24.5. The van der Waals surface area contributed by atoms with Gasteiger partial charge in [0, 0.05) is 19.6 Å². The Kier molecular flexibility index (Phi) is 4.34. The van der Waals surface area contributed by atoms with Crippen LogP contribution in [0.25, 0.3) is 0 Å². The summed E-state index contributed by atoms with van der Waals surface area (Å²) < 4.78 is 5.17. The van der Waals surface area contributed by atoms with Crippen molar-refractivity contribution in [2.24, 2.45) is 5.92 Å². The SMILES string of the molecule is CC(C)(C)OC(=O)N1CC(C(=O)NCCO)C1. The number of likely N-dealkylation sites (tertiary alicyclic amines) is 1. The summed E-state index contributed by atoms with van der Waals surface area (Å²) in [5, 5.41) is 11.1. The van der Waals surface area contributed by atoms with E-state index in [0.29, 0.717) is 13.1 Å². The molecule has 1 aliphatic heterocycles. The molecule has 0 radical (unpaired) electrons. The number of aliphatic hydroxyl groups is 1. The van der Waals surface area contributed by atoms with Crippen LogP contribution in [0.1, 0.15) is 20.8 Å². The minimum absolute atomic E-state index is 0.0752. The first-order chi connectivity index (χ1) is 7.83. The maximum absolute atomic E-state index is 11.6. The summed E-state index contributed by atoms with van der Waals surface area (Å²) in [5.74, 6) is -0.312. The smallest absolute Gasteiger partial charge is 0.410 e. The lowest BCUT2D eigenvalue weighted by Crippen LogP contribution is -2.56. The molecule has 6 heteroatoms. The molecule has 1 saturated heterocycles. The van der Waals surface area contributed by atoms with E-state index in [9.17, 15) is 9.59 Å². The standard InChI is InChI=1S/C11H20N2O4/c1-11(2,3)17-10(16)13-6-8(7-13)9(15)12-4-5-14/h8,14H,4-7H2,1-3H3,(H,12,15). The Morgan fingerprint density at radius 1 is 1.41 bits per heavy atom.